The van der Waals surface area contributed by atoms with Gasteiger partial charge in [-0.1, -0.05) is 133 Å². The lowest BCUT2D eigenvalue weighted by molar-refractivity contribution is -0.135. The summed E-state index contributed by atoms with van der Waals surface area (Å²) >= 11 is 0. The molecule has 6 heterocycles. The molecule has 5 aromatic heterocycles. The number of unbranched alkanes of at least 4 members (excludes halogenated alkanes) is 1. The molecule has 0 aliphatic carbocycles. The van der Waals surface area contributed by atoms with Crippen molar-refractivity contribution in [3.8, 4) is 0 Å². The number of amides is 13. The highest BCUT2D eigenvalue weighted by Crippen LogP contribution is 2.34. The second kappa shape index (κ2) is 50.6. The summed E-state index contributed by atoms with van der Waals surface area (Å²) in [6.45, 7) is 1.09. The van der Waals surface area contributed by atoms with Crippen molar-refractivity contribution in [3.63, 3.8) is 0 Å². The van der Waals surface area contributed by atoms with Crippen LogP contribution in [0, 0.1) is 16.2 Å². The fourth-order valence-electron chi connectivity index (χ4n) is 17.9. The van der Waals surface area contributed by atoms with Crippen LogP contribution in [0.25, 0.3) is 66.2 Å². The molecule has 13 rings (SSSR count). The molecular formula is C103H124N28O13. The van der Waals surface area contributed by atoms with E-state index in [9.17, 15) is 28.8 Å². The number of aromatic nitrogens is 5. The topological polar surface area (TPSA) is 674 Å². The van der Waals surface area contributed by atoms with Gasteiger partial charge in [0, 0.05) is 157 Å². The molecule has 32 N–H and O–H groups in total. The summed E-state index contributed by atoms with van der Waals surface area (Å²) < 4.78 is 0. The van der Waals surface area contributed by atoms with Crippen LogP contribution in [0.5, 0.6) is 0 Å². The number of H-pyrrole nitrogens is 5. The molecule has 0 saturated heterocycles. The Morgan fingerprint density at radius 2 is 0.653 bits per heavy atom. The number of benzene rings is 7. The van der Waals surface area contributed by atoms with Crippen LogP contribution in [0.15, 0.2) is 201 Å². The lowest BCUT2D eigenvalue weighted by atomic mass is 9.95. The van der Waals surface area contributed by atoms with Gasteiger partial charge in [0.1, 0.15) is 54.4 Å². The molecule has 13 amide bonds. The molecule has 12 aromatic rings. The van der Waals surface area contributed by atoms with Gasteiger partial charge < -0.3 is 133 Å². The van der Waals surface area contributed by atoms with E-state index in [2.05, 4.69) is 99.4 Å². The van der Waals surface area contributed by atoms with E-state index >= 15 is 33.6 Å². The molecule has 0 radical (unpaired) electrons. The number of anilines is 1. The van der Waals surface area contributed by atoms with Crippen LogP contribution in [-0.4, -0.2) is 213 Å². The van der Waals surface area contributed by atoms with Crippen LogP contribution in [0.3, 0.4) is 0 Å². The van der Waals surface area contributed by atoms with E-state index in [-0.39, 0.29) is 147 Å². The molecule has 7 aromatic carbocycles. The number of nitrogens with one attached hydrogen (secondary N) is 22. The van der Waals surface area contributed by atoms with Crippen LogP contribution in [-0.2, 0) is 101 Å². The van der Waals surface area contributed by atoms with E-state index in [1.165, 1.54) is 0 Å². The maximum absolute atomic E-state index is 16.0. The number of primary amides is 1. The predicted octanol–water partition coefficient (Wildman–Crippen LogP) is 3.49. The van der Waals surface area contributed by atoms with Crippen LogP contribution in [0.2, 0.25) is 0 Å². The van der Waals surface area contributed by atoms with Gasteiger partial charge in [0.05, 0.1) is 25.3 Å². The van der Waals surface area contributed by atoms with Gasteiger partial charge in [0.25, 0.3) is 0 Å². The minimum Gasteiger partial charge on any atom is -0.370 e. The molecule has 1 aliphatic heterocycles. The first-order valence-electron chi connectivity index (χ1n) is 47.9. The number of guanidine groups is 3. The molecule has 0 unspecified atom stereocenters. The molecule has 9 atom stereocenters. The van der Waals surface area contributed by atoms with Crippen molar-refractivity contribution in [2.45, 2.75) is 171 Å². The highest BCUT2D eigenvalue weighted by Gasteiger charge is 2.38. The van der Waals surface area contributed by atoms with E-state index in [1.54, 1.807) is 60.1 Å². The maximum Gasteiger partial charge on any atom is 0.243 e. The third-order valence-corrected chi connectivity index (χ3v) is 25.3. The zero-order valence-electron chi connectivity index (χ0n) is 79.7. The fraction of sp³-hybridized carbons (Fsp3) is 0.320. The number of carbonyl (C=O) groups excluding carboxylic acids is 13. The number of carbonyl (C=O) groups is 13. The number of hydrogen-bond acceptors (Lipinski definition) is 17. The van der Waals surface area contributed by atoms with Gasteiger partial charge in [-0.2, -0.15) is 0 Å². The standard InChI is InChI=1S/C103H124N28O13/c1-59-45-60-21-3-15-38-87(60)131(58-61-22-2-4-23-67(59)61)91(135)40-39-88(132)112-41-17-16-34-80(125-96(140)81(37-20-44-115-103(110)111)126-94(138)79(122-89(133)51-104)36-19-43-114-102(108)109)95(139)124-78(35-18-42-113-101(106)107)93(137)121-57-90(134)123-83(47-63-53-117-74-30-11-6-25-69(63)74)97(141)128-85(49-65-55-119-76-32-13-8-27-71(65)76)99(143)130-86(50-66-56-120-77-33-14-9-28-72(66)77)100(144)129-84(48-64-54-118-75-31-12-7-26-70(64)75)98(142)127-82(92(105)136)46-62-52-116-73-29-10-5-24-68(62)73/h2-15,21-33,38,45,52-56,78-86,116-120H,16-20,34-37,39-44,46-51,57-58,104H2,1H3,(H2,105,136)(H,112,132)(H,121,137)(H,122,133)(H,123,134)(H,124,139)(H,125,140)(H,126,138)(H,127,142)(H,128,141)(H,129,144)(H,130,143)(H4,106,107,113)(H4,108,109,114)(H4,110,111,115)/t78-,79-,80-,81-,82-,83-,84-,85-,86-/m0/s1. The molecule has 0 bridgehead atoms. The molecule has 754 valence electrons. The second-order valence-electron chi connectivity index (χ2n) is 35.6. The highest BCUT2D eigenvalue weighted by molar-refractivity contribution is 6.03. The molecule has 1 aliphatic rings. The molecule has 41 nitrogen and oxygen atoms in total. The number of hydrogen-bond donors (Lipinski definition) is 27. The number of fused-ring (bicyclic) bond motifs is 7. The normalized spacial score (nSPS) is 13.6. The summed E-state index contributed by atoms with van der Waals surface area (Å²) in [4.78, 5) is 209. The largest absolute Gasteiger partial charge is 0.370 e. The average molecular weight is 1960 g/mol. The molecule has 0 fully saturated rings. The third kappa shape index (κ3) is 28.8. The summed E-state index contributed by atoms with van der Waals surface area (Å²) in [5.74, 6) is -11.5. The number of aromatic amines is 5. The van der Waals surface area contributed by atoms with E-state index in [4.69, 9.17) is 44.9 Å². The lowest BCUT2D eigenvalue weighted by Gasteiger charge is -2.28. The molecule has 0 spiro atoms. The monoisotopic (exact) mass is 1960 g/mol. The van der Waals surface area contributed by atoms with Crippen LogP contribution in [0.1, 0.15) is 122 Å². The lowest BCUT2D eigenvalue weighted by Crippen LogP contribution is -2.60. The maximum atomic E-state index is 16.0. The Labute approximate surface area is 828 Å². The second-order valence-corrected chi connectivity index (χ2v) is 35.6. The van der Waals surface area contributed by atoms with Gasteiger partial charge in [-0.25, -0.2) is 0 Å². The number of allylic oxidation sites excluding steroid dienone is 1. The average Bonchev–Trinajstić information content (AvgIpc) is 1.61. The minimum atomic E-state index is -1.57. The zero-order chi connectivity index (χ0) is 102. The Kier molecular flexibility index (Phi) is 36.6. The van der Waals surface area contributed by atoms with Crippen LogP contribution < -0.4 is 108 Å². The van der Waals surface area contributed by atoms with Crippen LogP contribution >= 0.6 is 0 Å². The minimum absolute atomic E-state index is 0.00482. The van der Waals surface area contributed by atoms with Crippen molar-refractivity contribution >= 4 is 167 Å². The first-order valence-corrected chi connectivity index (χ1v) is 47.9. The Hall–Kier alpha value is -17.1. The number of rotatable bonds is 51. The van der Waals surface area contributed by atoms with Crippen molar-refractivity contribution in [1.29, 1.82) is 16.2 Å². The van der Waals surface area contributed by atoms with Gasteiger partial charge >= 0.3 is 0 Å². The van der Waals surface area contributed by atoms with E-state index in [0.717, 1.165) is 44.1 Å². The Morgan fingerprint density at radius 1 is 0.333 bits per heavy atom. The molecule has 41 heteroatoms. The van der Waals surface area contributed by atoms with Gasteiger partial charge in [-0.15, -0.1) is 0 Å². The summed E-state index contributed by atoms with van der Waals surface area (Å²) in [5.41, 5.74) is 39.6. The van der Waals surface area contributed by atoms with Crippen molar-refractivity contribution < 1.29 is 62.3 Å². The van der Waals surface area contributed by atoms with E-state index < -0.39 is 150 Å². The molecule has 144 heavy (non-hydrogen) atoms. The van der Waals surface area contributed by atoms with Gasteiger partial charge in [-0.3, -0.25) is 78.6 Å². The number of nitrogens with two attached hydrogens (primary N) is 5. The quantitative estimate of drug-likeness (QED) is 0.0147. The van der Waals surface area contributed by atoms with Crippen molar-refractivity contribution in [2.75, 3.05) is 44.2 Å². The van der Waals surface area contributed by atoms with Crippen LogP contribution in [0.4, 0.5) is 5.69 Å². The van der Waals surface area contributed by atoms with Crippen molar-refractivity contribution in [2.24, 2.45) is 28.7 Å². The van der Waals surface area contributed by atoms with E-state index in [0.29, 0.717) is 66.2 Å². The molecular weight excluding hydrogens is 1840 g/mol. The summed E-state index contributed by atoms with van der Waals surface area (Å²) in [5, 5.41) is 65.5. The fourth-order valence-corrected chi connectivity index (χ4v) is 17.9. The summed E-state index contributed by atoms with van der Waals surface area (Å²) in [7, 11) is 0. The Morgan fingerprint density at radius 3 is 1.06 bits per heavy atom. The first kappa shape index (κ1) is 104. The molecule has 0 saturated carbocycles. The summed E-state index contributed by atoms with van der Waals surface area (Å²) in [6, 6.07) is 38.6. The predicted molar refractivity (Wildman–Crippen MR) is 550 cm³/mol. The number of para-hydroxylation sites is 6. The Balaban J connectivity index is 0.753. The van der Waals surface area contributed by atoms with E-state index in [1.807, 2.05) is 159 Å². The third-order valence-electron chi connectivity index (χ3n) is 25.3. The van der Waals surface area contributed by atoms with Crippen molar-refractivity contribution in [1.82, 2.24) is 99.4 Å². The zero-order valence-corrected chi connectivity index (χ0v) is 79.7. The van der Waals surface area contributed by atoms with Gasteiger partial charge in [0.15, 0.2) is 17.9 Å². The Bertz CT molecular complexity index is 6710. The number of nitrogens with zero attached hydrogens (tertiary/aromatic N) is 1. The van der Waals surface area contributed by atoms with Gasteiger partial charge in [-0.05, 0) is 157 Å². The smallest absolute Gasteiger partial charge is 0.243 e. The SMILES string of the molecule is CC1=Cc2ccccc2N(C(=O)CCC(=O)NCCCC[C@H](NC(=O)[C@H](CCCNC(=N)N)NC(=O)[C@H](CCCNC(=N)N)NC(=O)CN)C(=O)N[C@@H](CCCNC(=N)N)C(=O)NCC(=O)N[C@@H](Cc2c[nH]c3ccccc23)C(=O)N[C@@H](Cc2c[nH]c3ccccc23)C(=O)N[C@@H](Cc2c[nH]c3ccccc23)C(=O)N[C@@H](Cc2c[nH]c3ccccc23)C(=O)N[C@@H](Cc2c[nH]c3ccccc23)C(N)=O)Cc2ccccc21. The summed E-state index contributed by atoms with van der Waals surface area (Å²) in [6.07, 6.45) is 9.40. The first-order chi connectivity index (χ1) is 69.5. The van der Waals surface area contributed by atoms with Gasteiger partial charge in [0.2, 0.25) is 76.8 Å². The van der Waals surface area contributed by atoms with Crippen molar-refractivity contribution in [3.05, 3.63) is 245 Å². The highest BCUT2D eigenvalue weighted by atomic mass is 16.2.